The van der Waals surface area contributed by atoms with Crippen molar-refractivity contribution in [3.8, 4) is 5.75 Å². The zero-order valence-corrected chi connectivity index (χ0v) is 16.3. The van der Waals surface area contributed by atoms with Gasteiger partial charge in [0, 0.05) is 50.0 Å². The highest BCUT2D eigenvalue weighted by Gasteiger charge is 2.23. The molecule has 0 amide bonds. The van der Waals surface area contributed by atoms with Gasteiger partial charge in [0.2, 0.25) is 0 Å². The molecule has 2 unspecified atom stereocenters. The number of nitrogens with one attached hydrogen (secondary N) is 1. The van der Waals surface area contributed by atoms with E-state index >= 15 is 0 Å². The molecule has 1 saturated heterocycles. The highest BCUT2D eigenvalue weighted by atomic mass is 16.5. The van der Waals surface area contributed by atoms with Crippen LogP contribution in [0.1, 0.15) is 24.6 Å². The van der Waals surface area contributed by atoms with Gasteiger partial charge in [-0.2, -0.15) is 0 Å². The lowest BCUT2D eigenvalue weighted by atomic mass is 10.0. The molecule has 1 aliphatic rings. The lowest BCUT2D eigenvalue weighted by Crippen LogP contribution is -2.22. The van der Waals surface area contributed by atoms with Crippen molar-refractivity contribution in [2.24, 2.45) is 5.92 Å². The number of hydrogen-bond acceptors (Lipinski definition) is 8. The summed E-state index contributed by atoms with van der Waals surface area (Å²) in [5.41, 5.74) is 7.86. The quantitative estimate of drug-likeness (QED) is 0.468. The molecular weight excluding hydrogens is 358 g/mol. The number of aliphatic hydroxyl groups is 1. The SMILES string of the molecule is COCC(C)Oc1ccc(N)c(C(=N)c2cc(N3CCC(CO)C3)ncn2)c1. The summed E-state index contributed by atoms with van der Waals surface area (Å²) in [7, 11) is 1.62. The summed E-state index contributed by atoms with van der Waals surface area (Å²) < 4.78 is 10.9. The van der Waals surface area contributed by atoms with Crippen LogP contribution in [0.2, 0.25) is 0 Å². The van der Waals surface area contributed by atoms with E-state index in [-0.39, 0.29) is 24.3 Å². The van der Waals surface area contributed by atoms with Crippen LogP contribution in [0, 0.1) is 11.3 Å². The molecule has 8 heteroatoms. The first-order chi connectivity index (χ1) is 13.5. The van der Waals surface area contributed by atoms with E-state index in [4.69, 9.17) is 20.6 Å². The van der Waals surface area contributed by atoms with Crippen molar-refractivity contribution in [2.75, 3.05) is 44.0 Å². The van der Waals surface area contributed by atoms with Crippen molar-refractivity contribution in [3.63, 3.8) is 0 Å². The molecular formula is C20H27N5O3. The van der Waals surface area contributed by atoms with E-state index in [9.17, 15) is 5.11 Å². The van der Waals surface area contributed by atoms with E-state index in [1.54, 1.807) is 31.4 Å². The first-order valence-electron chi connectivity index (χ1n) is 9.34. The summed E-state index contributed by atoms with van der Waals surface area (Å²) >= 11 is 0. The molecule has 0 aliphatic carbocycles. The van der Waals surface area contributed by atoms with Crippen LogP contribution in [0.5, 0.6) is 5.75 Å². The average Bonchev–Trinajstić information content (AvgIpc) is 3.18. The molecule has 4 N–H and O–H groups in total. The third kappa shape index (κ3) is 4.58. The van der Waals surface area contributed by atoms with Crippen molar-refractivity contribution >= 4 is 17.2 Å². The van der Waals surface area contributed by atoms with E-state index in [0.717, 1.165) is 25.3 Å². The van der Waals surface area contributed by atoms with Crippen molar-refractivity contribution in [1.82, 2.24) is 9.97 Å². The molecule has 1 aromatic carbocycles. The summed E-state index contributed by atoms with van der Waals surface area (Å²) in [6.07, 6.45) is 2.28. The van der Waals surface area contributed by atoms with Crippen LogP contribution in [0.15, 0.2) is 30.6 Å². The number of anilines is 2. The Balaban J connectivity index is 1.81. The molecule has 28 heavy (non-hydrogen) atoms. The number of ether oxygens (including phenoxy) is 2. The summed E-state index contributed by atoms with van der Waals surface area (Å²) in [6.45, 7) is 4.14. The second-order valence-corrected chi connectivity index (χ2v) is 7.05. The summed E-state index contributed by atoms with van der Waals surface area (Å²) in [5, 5.41) is 18.0. The lowest BCUT2D eigenvalue weighted by Gasteiger charge is -2.18. The van der Waals surface area contributed by atoms with Crippen LogP contribution in [0.4, 0.5) is 11.5 Å². The third-order valence-corrected chi connectivity index (χ3v) is 4.81. The maximum atomic E-state index is 9.35. The molecule has 1 aliphatic heterocycles. The Kier molecular flexibility index (Phi) is 6.43. The van der Waals surface area contributed by atoms with Gasteiger partial charge in [0.25, 0.3) is 0 Å². The Bertz CT molecular complexity index is 829. The minimum Gasteiger partial charge on any atom is -0.488 e. The van der Waals surface area contributed by atoms with Gasteiger partial charge in [-0.05, 0) is 31.5 Å². The van der Waals surface area contributed by atoms with Crippen molar-refractivity contribution in [2.45, 2.75) is 19.4 Å². The standard InChI is InChI=1S/C20H27N5O3/c1-13(11-27-2)28-15-3-4-17(21)16(7-15)20(22)18-8-19(24-12-23-18)25-6-5-14(9-25)10-26/h3-4,7-8,12-14,22,26H,5-6,9-11,21H2,1-2H3. The molecule has 3 rings (SSSR count). The summed E-state index contributed by atoms with van der Waals surface area (Å²) in [6, 6.07) is 7.06. The van der Waals surface area contributed by atoms with Crippen LogP contribution in [-0.4, -0.2) is 60.3 Å². The molecule has 1 fully saturated rings. The molecule has 1 aromatic heterocycles. The van der Waals surface area contributed by atoms with Gasteiger partial charge in [-0.1, -0.05) is 0 Å². The molecule has 0 saturated carbocycles. The first kappa shape index (κ1) is 20.0. The van der Waals surface area contributed by atoms with Gasteiger partial charge in [0.1, 0.15) is 24.0 Å². The van der Waals surface area contributed by atoms with E-state index in [1.165, 1.54) is 6.33 Å². The number of nitrogen functional groups attached to an aromatic ring is 1. The molecule has 2 aromatic rings. The maximum absolute atomic E-state index is 9.35. The van der Waals surface area contributed by atoms with Crippen LogP contribution in [0.3, 0.4) is 0 Å². The van der Waals surface area contributed by atoms with Gasteiger partial charge >= 0.3 is 0 Å². The number of aromatic nitrogens is 2. The van der Waals surface area contributed by atoms with E-state index in [1.807, 2.05) is 6.92 Å². The Morgan fingerprint density at radius 1 is 1.39 bits per heavy atom. The highest BCUT2D eigenvalue weighted by Crippen LogP contribution is 2.25. The predicted octanol–water partition coefficient (Wildman–Crippen LogP) is 1.71. The van der Waals surface area contributed by atoms with E-state index < -0.39 is 0 Å². The molecule has 0 radical (unpaired) electrons. The number of aliphatic hydroxyl groups excluding tert-OH is 1. The number of rotatable bonds is 8. The lowest BCUT2D eigenvalue weighted by molar-refractivity contribution is 0.0921. The first-order valence-corrected chi connectivity index (χ1v) is 9.34. The molecule has 0 bridgehead atoms. The normalized spacial score (nSPS) is 17.5. The maximum Gasteiger partial charge on any atom is 0.132 e. The number of benzene rings is 1. The number of nitrogens with two attached hydrogens (primary N) is 1. The number of hydrogen-bond donors (Lipinski definition) is 3. The van der Waals surface area contributed by atoms with E-state index in [2.05, 4.69) is 14.9 Å². The molecule has 2 heterocycles. The minimum atomic E-state index is -0.115. The fourth-order valence-electron chi connectivity index (χ4n) is 3.31. The van der Waals surface area contributed by atoms with Crippen LogP contribution in [-0.2, 0) is 4.74 Å². The van der Waals surface area contributed by atoms with Crippen LogP contribution in [0.25, 0.3) is 0 Å². The number of methoxy groups -OCH3 is 1. The molecule has 150 valence electrons. The Morgan fingerprint density at radius 2 is 2.21 bits per heavy atom. The van der Waals surface area contributed by atoms with Crippen molar-refractivity contribution in [3.05, 3.63) is 41.9 Å². The van der Waals surface area contributed by atoms with Crippen molar-refractivity contribution in [1.29, 1.82) is 5.41 Å². The Morgan fingerprint density at radius 3 is 2.93 bits per heavy atom. The fraction of sp³-hybridized carbons (Fsp3) is 0.450. The van der Waals surface area contributed by atoms with Gasteiger partial charge in [-0.15, -0.1) is 0 Å². The predicted molar refractivity (Wildman–Crippen MR) is 108 cm³/mol. The molecule has 0 spiro atoms. The van der Waals surface area contributed by atoms with Crippen LogP contribution >= 0.6 is 0 Å². The van der Waals surface area contributed by atoms with Crippen molar-refractivity contribution < 1.29 is 14.6 Å². The third-order valence-electron chi connectivity index (χ3n) is 4.81. The molecule has 2 atom stereocenters. The monoisotopic (exact) mass is 385 g/mol. The number of nitrogens with zero attached hydrogens (tertiary/aromatic N) is 3. The zero-order chi connectivity index (χ0) is 20.1. The van der Waals surface area contributed by atoms with E-state index in [0.29, 0.717) is 29.3 Å². The summed E-state index contributed by atoms with van der Waals surface area (Å²) in [5.74, 6) is 1.64. The smallest absolute Gasteiger partial charge is 0.132 e. The second kappa shape index (κ2) is 8.99. The van der Waals surface area contributed by atoms with Crippen LogP contribution < -0.4 is 15.4 Å². The zero-order valence-electron chi connectivity index (χ0n) is 16.3. The fourth-order valence-corrected chi connectivity index (χ4v) is 3.31. The molecule has 8 nitrogen and oxygen atoms in total. The highest BCUT2D eigenvalue weighted by molar-refractivity contribution is 6.13. The van der Waals surface area contributed by atoms with Gasteiger partial charge in [-0.25, -0.2) is 9.97 Å². The van der Waals surface area contributed by atoms with Gasteiger partial charge < -0.3 is 25.2 Å². The topological polar surface area (TPSA) is 118 Å². The summed E-state index contributed by atoms with van der Waals surface area (Å²) in [4.78, 5) is 10.7. The Labute approximate surface area is 164 Å². The van der Waals surface area contributed by atoms with Gasteiger partial charge in [0.15, 0.2) is 0 Å². The van der Waals surface area contributed by atoms with Gasteiger partial charge in [0.05, 0.1) is 18.0 Å². The minimum absolute atomic E-state index is 0.115. The Hall–Kier alpha value is -2.71. The average molecular weight is 385 g/mol. The largest absolute Gasteiger partial charge is 0.488 e. The van der Waals surface area contributed by atoms with Gasteiger partial charge in [-0.3, -0.25) is 5.41 Å². The second-order valence-electron chi connectivity index (χ2n) is 7.05.